The Bertz CT molecular complexity index is 871. The van der Waals surface area contributed by atoms with Crippen molar-refractivity contribution in [3.63, 3.8) is 0 Å². The Morgan fingerprint density at radius 2 is 1.27 bits per heavy atom. The highest BCUT2D eigenvalue weighted by atomic mass is 16.5. The van der Waals surface area contributed by atoms with Gasteiger partial charge in [-0.15, -0.1) is 0 Å². The summed E-state index contributed by atoms with van der Waals surface area (Å²) in [4.78, 5) is 15.7. The third-order valence-electron chi connectivity index (χ3n) is 5.16. The van der Waals surface area contributed by atoms with Gasteiger partial charge in [0, 0.05) is 41.4 Å². The third kappa shape index (κ3) is 5.19. The van der Waals surface area contributed by atoms with Gasteiger partial charge in [-0.1, -0.05) is 36.4 Å². The number of hydrogen-bond acceptors (Lipinski definition) is 4. The number of likely N-dealkylation sites (tertiary alicyclic amines) is 1. The van der Waals surface area contributed by atoms with E-state index in [2.05, 4.69) is 18.7 Å². The summed E-state index contributed by atoms with van der Waals surface area (Å²) in [5, 5.41) is 0. The summed E-state index contributed by atoms with van der Waals surface area (Å²) in [6.07, 6.45) is 3.95. The van der Waals surface area contributed by atoms with Crippen LogP contribution in [0.4, 0.5) is 0 Å². The first-order chi connectivity index (χ1) is 14.5. The van der Waals surface area contributed by atoms with Gasteiger partial charge in [-0.3, -0.25) is 9.69 Å². The van der Waals surface area contributed by atoms with Crippen LogP contribution < -0.4 is 9.47 Å². The molecule has 4 nitrogen and oxygen atoms in total. The Hall–Kier alpha value is -2.85. The molecule has 0 atom stereocenters. The van der Waals surface area contributed by atoms with Crippen molar-refractivity contribution in [3.8, 4) is 11.5 Å². The maximum Gasteiger partial charge on any atom is 0.187 e. The van der Waals surface area contributed by atoms with Gasteiger partial charge in [0.05, 0.1) is 13.2 Å². The minimum absolute atomic E-state index is 0.0875. The minimum atomic E-state index is 0.0875. The molecule has 0 spiro atoms. The van der Waals surface area contributed by atoms with Crippen molar-refractivity contribution in [1.82, 2.24) is 4.90 Å². The van der Waals surface area contributed by atoms with Crippen LogP contribution in [0.15, 0.2) is 59.7 Å². The molecule has 1 saturated heterocycles. The predicted molar refractivity (Wildman–Crippen MR) is 123 cm³/mol. The molecule has 1 aliphatic heterocycles. The summed E-state index contributed by atoms with van der Waals surface area (Å²) in [6.45, 7) is 10.7. The van der Waals surface area contributed by atoms with Gasteiger partial charge in [0.15, 0.2) is 5.78 Å². The lowest BCUT2D eigenvalue weighted by atomic mass is 9.93. The summed E-state index contributed by atoms with van der Waals surface area (Å²) in [7, 11) is 0. The van der Waals surface area contributed by atoms with E-state index in [0.717, 1.165) is 33.8 Å². The van der Waals surface area contributed by atoms with Gasteiger partial charge in [-0.25, -0.2) is 0 Å². The molecular weight excluding hydrogens is 374 g/mol. The van der Waals surface area contributed by atoms with E-state index < -0.39 is 0 Å². The Labute approximate surface area is 179 Å². The molecule has 0 aliphatic carbocycles. The second kappa shape index (κ2) is 10.3. The quantitative estimate of drug-likeness (QED) is 0.590. The molecule has 30 heavy (non-hydrogen) atoms. The molecule has 1 aliphatic rings. The van der Waals surface area contributed by atoms with E-state index in [4.69, 9.17) is 9.47 Å². The van der Waals surface area contributed by atoms with Gasteiger partial charge in [0.25, 0.3) is 0 Å². The second-order valence-corrected chi connectivity index (χ2v) is 7.61. The number of carbonyl (C=O) groups is 1. The smallest absolute Gasteiger partial charge is 0.187 e. The maximum atomic E-state index is 13.4. The molecule has 4 heteroatoms. The first-order valence-corrected chi connectivity index (χ1v) is 10.7. The molecule has 2 aromatic rings. The van der Waals surface area contributed by atoms with E-state index in [-0.39, 0.29) is 5.78 Å². The van der Waals surface area contributed by atoms with Crippen LogP contribution in [0.2, 0.25) is 0 Å². The number of rotatable bonds is 7. The highest BCUT2D eigenvalue weighted by molar-refractivity contribution is 6.14. The Morgan fingerprint density at radius 3 is 1.67 bits per heavy atom. The first kappa shape index (κ1) is 21.8. The number of benzene rings is 2. The zero-order valence-electron chi connectivity index (χ0n) is 18.4. The normalized spacial score (nSPS) is 17.7. The number of carbonyl (C=O) groups excluding carboxylic acids is 1. The number of nitrogens with zero attached hydrogens (tertiary/aromatic N) is 1. The van der Waals surface area contributed by atoms with Gasteiger partial charge in [0.2, 0.25) is 0 Å². The molecule has 3 rings (SSSR count). The van der Waals surface area contributed by atoms with Gasteiger partial charge in [-0.2, -0.15) is 0 Å². The van der Waals surface area contributed by atoms with Crippen LogP contribution in [0.5, 0.6) is 11.5 Å². The number of ketones is 1. The number of Topliss-reactive ketones (excluding diaryl/α,β-unsaturated/α-hetero) is 1. The minimum Gasteiger partial charge on any atom is -0.493 e. The first-order valence-electron chi connectivity index (χ1n) is 10.7. The van der Waals surface area contributed by atoms with Crippen LogP contribution in [0.1, 0.15) is 38.8 Å². The van der Waals surface area contributed by atoms with E-state index >= 15 is 0 Å². The van der Waals surface area contributed by atoms with Crippen LogP contribution in [-0.4, -0.2) is 43.0 Å². The Kier molecular flexibility index (Phi) is 7.47. The van der Waals surface area contributed by atoms with Gasteiger partial charge < -0.3 is 9.47 Å². The van der Waals surface area contributed by atoms with Crippen molar-refractivity contribution in [2.45, 2.75) is 33.7 Å². The van der Waals surface area contributed by atoms with Crippen molar-refractivity contribution < 1.29 is 14.3 Å². The summed E-state index contributed by atoms with van der Waals surface area (Å²) in [6, 6.07) is 16.0. The maximum absolute atomic E-state index is 13.4. The van der Waals surface area contributed by atoms with E-state index in [0.29, 0.717) is 32.3 Å². The standard InChI is InChI=1S/C26H31NO3/c1-5-29-24-13-9-7-11-20(24)15-22-17-27(19(3)4)18-23(26(22)28)16-21-12-8-10-14-25(21)30-6-2/h7-16,19H,5-6,17-18H2,1-4H3. The third-order valence-corrected chi connectivity index (χ3v) is 5.16. The van der Waals surface area contributed by atoms with Crippen LogP contribution in [0.25, 0.3) is 12.2 Å². The fourth-order valence-corrected chi connectivity index (χ4v) is 3.58. The summed E-state index contributed by atoms with van der Waals surface area (Å²) in [5.41, 5.74) is 3.43. The van der Waals surface area contributed by atoms with Crippen molar-refractivity contribution >= 4 is 17.9 Å². The van der Waals surface area contributed by atoms with E-state index in [1.54, 1.807) is 0 Å². The topological polar surface area (TPSA) is 38.8 Å². The number of ether oxygens (including phenoxy) is 2. The lowest BCUT2D eigenvalue weighted by Crippen LogP contribution is -2.41. The second-order valence-electron chi connectivity index (χ2n) is 7.61. The van der Waals surface area contributed by atoms with Crippen molar-refractivity contribution in [2.24, 2.45) is 0 Å². The zero-order valence-corrected chi connectivity index (χ0v) is 18.4. The summed E-state index contributed by atoms with van der Waals surface area (Å²) >= 11 is 0. The average Bonchev–Trinajstić information content (AvgIpc) is 2.73. The fraction of sp³-hybridized carbons (Fsp3) is 0.346. The van der Waals surface area contributed by atoms with Gasteiger partial charge in [0.1, 0.15) is 11.5 Å². The zero-order chi connectivity index (χ0) is 21.5. The molecule has 0 bridgehead atoms. The molecule has 0 amide bonds. The molecule has 0 radical (unpaired) electrons. The molecule has 2 aromatic carbocycles. The fourth-order valence-electron chi connectivity index (χ4n) is 3.58. The lowest BCUT2D eigenvalue weighted by Gasteiger charge is -2.33. The SMILES string of the molecule is CCOc1ccccc1C=C1CN(C(C)C)CC(=Cc2ccccc2OCC)C1=O. The molecule has 1 fully saturated rings. The molecule has 0 aromatic heterocycles. The molecule has 0 unspecified atom stereocenters. The lowest BCUT2D eigenvalue weighted by molar-refractivity contribution is -0.113. The number of hydrogen-bond donors (Lipinski definition) is 0. The summed E-state index contributed by atoms with van der Waals surface area (Å²) in [5.74, 6) is 1.69. The van der Waals surface area contributed by atoms with Crippen LogP contribution in [0, 0.1) is 0 Å². The van der Waals surface area contributed by atoms with Gasteiger partial charge >= 0.3 is 0 Å². The van der Waals surface area contributed by atoms with Crippen LogP contribution in [0.3, 0.4) is 0 Å². The average molecular weight is 406 g/mol. The molecule has 0 N–H and O–H groups in total. The van der Waals surface area contributed by atoms with E-state index in [1.807, 2.05) is 74.5 Å². The Balaban J connectivity index is 2.01. The van der Waals surface area contributed by atoms with Gasteiger partial charge in [-0.05, 0) is 52.0 Å². The number of piperidine rings is 1. The number of para-hydroxylation sites is 2. The molecule has 1 heterocycles. The van der Waals surface area contributed by atoms with E-state index in [1.165, 1.54) is 0 Å². The molecule has 0 saturated carbocycles. The van der Waals surface area contributed by atoms with Crippen LogP contribution >= 0.6 is 0 Å². The van der Waals surface area contributed by atoms with E-state index in [9.17, 15) is 4.79 Å². The molecular formula is C26H31NO3. The van der Waals surface area contributed by atoms with Crippen molar-refractivity contribution in [1.29, 1.82) is 0 Å². The van der Waals surface area contributed by atoms with Crippen molar-refractivity contribution in [2.75, 3.05) is 26.3 Å². The highest BCUT2D eigenvalue weighted by Crippen LogP contribution is 2.28. The van der Waals surface area contributed by atoms with Crippen LogP contribution in [-0.2, 0) is 4.79 Å². The molecule has 158 valence electrons. The van der Waals surface area contributed by atoms with Crippen molar-refractivity contribution in [3.05, 3.63) is 70.8 Å². The largest absolute Gasteiger partial charge is 0.493 e. The highest BCUT2D eigenvalue weighted by Gasteiger charge is 2.28. The monoisotopic (exact) mass is 405 g/mol. The Morgan fingerprint density at radius 1 is 0.833 bits per heavy atom. The summed E-state index contributed by atoms with van der Waals surface area (Å²) < 4.78 is 11.5. The predicted octanol–water partition coefficient (Wildman–Crippen LogP) is 5.24.